The van der Waals surface area contributed by atoms with Gasteiger partial charge in [0.1, 0.15) is 19.3 Å². The zero-order valence-corrected chi connectivity index (χ0v) is 20.6. The fraction of sp³-hybridized carbons (Fsp3) is 0.214. The number of H-pyrrole nitrogens is 1. The van der Waals surface area contributed by atoms with E-state index in [9.17, 15) is 9.59 Å². The van der Waals surface area contributed by atoms with E-state index >= 15 is 0 Å². The number of fused-ring (bicyclic) bond motifs is 1. The number of benzene rings is 3. The van der Waals surface area contributed by atoms with Gasteiger partial charge in [-0.15, -0.1) is 10.2 Å². The van der Waals surface area contributed by atoms with Gasteiger partial charge in [0.15, 0.2) is 6.21 Å². The van der Waals surface area contributed by atoms with Gasteiger partial charge in [0.25, 0.3) is 0 Å². The number of tetrazole rings is 1. The minimum Gasteiger partial charge on any atom is -0.459 e. The van der Waals surface area contributed by atoms with Crippen LogP contribution >= 0.6 is 0 Å². The minimum atomic E-state index is -0.929. The Morgan fingerprint density at radius 2 is 1.55 bits per heavy atom. The standard InChI is InChI=1S/C28H26N6O4/c35-27(37-18-20-9-3-1-4-10-20)24(29-28(36)38-19-21-11-5-2-6-12-21)15-22-16-34(17-26-30-32-33-31-26)25-14-8-7-13-23(22)25/h1-14,16,22,24H,15,17-19H2,(H-,29,30,31,32,33,36)/p+1/t22?,24-/m0/s1. The third-order valence-electron chi connectivity index (χ3n) is 6.21. The Balaban J connectivity index is 1.31. The number of alkyl carbamates (subject to hydrolysis) is 1. The molecule has 4 aromatic rings. The van der Waals surface area contributed by atoms with Crippen LogP contribution < -0.4 is 5.32 Å². The second kappa shape index (κ2) is 11.9. The molecular formula is C28H27N6O4+. The van der Waals surface area contributed by atoms with E-state index in [2.05, 4.69) is 25.9 Å². The molecule has 1 amide bonds. The smallest absolute Gasteiger partial charge is 0.408 e. The van der Waals surface area contributed by atoms with Gasteiger partial charge in [-0.3, -0.25) is 0 Å². The SMILES string of the molecule is O=C(N[C@@H](CC1C=[N+](Cc2nn[nH]n2)c2ccccc21)C(=O)OCc1ccccc1)OCc1ccccc1. The van der Waals surface area contributed by atoms with Crippen molar-refractivity contribution in [1.82, 2.24) is 25.9 Å². The van der Waals surface area contributed by atoms with Crippen LogP contribution in [0, 0.1) is 0 Å². The fourth-order valence-corrected chi connectivity index (χ4v) is 4.37. The lowest BCUT2D eigenvalue weighted by Gasteiger charge is -2.19. The van der Waals surface area contributed by atoms with E-state index in [0.717, 1.165) is 22.4 Å². The third-order valence-corrected chi connectivity index (χ3v) is 6.21. The Morgan fingerprint density at radius 3 is 2.24 bits per heavy atom. The maximum atomic E-state index is 13.2. The fourth-order valence-electron chi connectivity index (χ4n) is 4.37. The predicted octanol–water partition coefficient (Wildman–Crippen LogP) is 3.64. The van der Waals surface area contributed by atoms with Crippen LogP contribution in [0.25, 0.3) is 0 Å². The molecule has 10 heteroatoms. The summed E-state index contributed by atoms with van der Waals surface area (Å²) < 4.78 is 13.0. The van der Waals surface area contributed by atoms with E-state index < -0.39 is 18.1 Å². The number of carbonyl (C=O) groups is 2. The Hall–Kier alpha value is -4.86. The monoisotopic (exact) mass is 511 g/mol. The highest BCUT2D eigenvalue weighted by Crippen LogP contribution is 2.35. The van der Waals surface area contributed by atoms with Gasteiger partial charge in [-0.25, -0.2) is 9.59 Å². The second-order valence-electron chi connectivity index (χ2n) is 8.86. The average Bonchev–Trinajstić information content (AvgIpc) is 3.60. The molecule has 192 valence electrons. The largest absolute Gasteiger partial charge is 0.459 e. The van der Waals surface area contributed by atoms with Crippen molar-refractivity contribution < 1.29 is 23.6 Å². The Kier molecular flexibility index (Phi) is 7.78. The van der Waals surface area contributed by atoms with Crippen molar-refractivity contribution >= 4 is 24.0 Å². The van der Waals surface area contributed by atoms with Gasteiger partial charge in [-0.05, 0) is 22.8 Å². The summed E-state index contributed by atoms with van der Waals surface area (Å²) in [6.07, 6.45) is 1.61. The third kappa shape index (κ3) is 6.28. The highest BCUT2D eigenvalue weighted by atomic mass is 16.6. The molecule has 5 rings (SSSR count). The second-order valence-corrected chi connectivity index (χ2v) is 8.86. The summed E-state index contributed by atoms with van der Waals surface area (Å²) in [6.45, 7) is 0.612. The van der Waals surface area contributed by atoms with Crippen LogP contribution in [0.15, 0.2) is 84.9 Å². The number of carbonyl (C=O) groups excluding carboxylic acids is 2. The van der Waals surface area contributed by atoms with Crippen LogP contribution in [0.5, 0.6) is 0 Å². The average molecular weight is 512 g/mol. The molecule has 3 aromatic carbocycles. The van der Waals surface area contributed by atoms with E-state index in [1.54, 1.807) is 0 Å². The molecule has 0 radical (unpaired) electrons. The molecule has 1 aliphatic heterocycles. The molecule has 0 aliphatic carbocycles. The van der Waals surface area contributed by atoms with Gasteiger partial charge in [-0.1, -0.05) is 78.9 Å². The van der Waals surface area contributed by atoms with Gasteiger partial charge in [0, 0.05) is 11.6 Å². The number of para-hydroxylation sites is 1. The maximum Gasteiger partial charge on any atom is 0.408 e. The number of amides is 1. The van der Waals surface area contributed by atoms with Crippen molar-refractivity contribution in [2.45, 2.75) is 38.1 Å². The summed E-state index contributed by atoms with van der Waals surface area (Å²) >= 11 is 0. The lowest BCUT2D eigenvalue weighted by Crippen LogP contribution is -2.43. The number of hydrogen-bond donors (Lipinski definition) is 2. The predicted molar refractivity (Wildman–Crippen MR) is 137 cm³/mol. The first kappa shape index (κ1) is 24.8. The first-order valence-corrected chi connectivity index (χ1v) is 12.3. The Labute approximate surface area is 219 Å². The molecule has 2 N–H and O–H groups in total. The topological polar surface area (TPSA) is 122 Å². The molecular weight excluding hydrogens is 484 g/mol. The van der Waals surface area contributed by atoms with Crippen molar-refractivity contribution in [2.24, 2.45) is 0 Å². The number of ether oxygens (including phenoxy) is 2. The maximum absolute atomic E-state index is 13.2. The molecule has 2 heterocycles. The van der Waals surface area contributed by atoms with E-state index in [4.69, 9.17) is 9.47 Å². The van der Waals surface area contributed by atoms with Crippen molar-refractivity contribution in [3.8, 4) is 0 Å². The Morgan fingerprint density at radius 1 is 0.895 bits per heavy atom. The number of nitrogens with zero attached hydrogens (tertiary/aromatic N) is 4. The van der Waals surface area contributed by atoms with E-state index in [0.29, 0.717) is 12.4 Å². The molecule has 0 bridgehead atoms. The molecule has 1 aliphatic rings. The van der Waals surface area contributed by atoms with Gasteiger partial charge < -0.3 is 14.8 Å². The van der Waals surface area contributed by atoms with Crippen molar-refractivity contribution in [3.05, 3.63) is 107 Å². The summed E-state index contributed by atoms with van der Waals surface area (Å²) in [5.41, 5.74) is 3.71. The zero-order chi connectivity index (χ0) is 26.2. The van der Waals surface area contributed by atoms with E-state index in [1.807, 2.05) is 95.7 Å². The highest BCUT2D eigenvalue weighted by molar-refractivity contribution is 5.83. The van der Waals surface area contributed by atoms with Crippen LogP contribution in [-0.2, 0) is 34.0 Å². The zero-order valence-electron chi connectivity index (χ0n) is 20.6. The molecule has 0 saturated carbocycles. The van der Waals surface area contributed by atoms with Crippen LogP contribution in [0.2, 0.25) is 0 Å². The van der Waals surface area contributed by atoms with E-state index in [1.165, 1.54) is 0 Å². The number of esters is 1. The van der Waals surface area contributed by atoms with Crippen molar-refractivity contribution in [1.29, 1.82) is 0 Å². The summed E-state index contributed by atoms with van der Waals surface area (Å²) in [6, 6.07) is 25.7. The number of aromatic amines is 1. The summed E-state index contributed by atoms with van der Waals surface area (Å²) in [5.74, 6) is -0.159. The molecule has 10 nitrogen and oxygen atoms in total. The quantitative estimate of drug-likeness (QED) is 0.246. The first-order valence-electron chi connectivity index (χ1n) is 12.3. The van der Waals surface area contributed by atoms with Gasteiger partial charge >= 0.3 is 12.1 Å². The summed E-state index contributed by atoms with van der Waals surface area (Å²) in [4.78, 5) is 25.9. The molecule has 0 spiro atoms. The number of rotatable bonds is 10. The van der Waals surface area contributed by atoms with Crippen LogP contribution in [0.3, 0.4) is 0 Å². The highest BCUT2D eigenvalue weighted by Gasteiger charge is 2.36. The molecule has 0 fully saturated rings. The summed E-state index contributed by atoms with van der Waals surface area (Å²) in [7, 11) is 0. The number of hydrogen-bond acceptors (Lipinski definition) is 7. The van der Waals surface area contributed by atoms with Crippen molar-refractivity contribution in [3.63, 3.8) is 0 Å². The Bertz CT molecular complexity index is 1390. The van der Waals surface area contributed by atoms with Crippen LogP contribution in [0.4, 0.5) is 10.5 Å². The molecule has 38 heavy (non-hydrogen) atoms. The number of nitrogens with one attached hydrogen (secondary N) is 2. The summed E-state index contributed by atoms with van der Waals surface area (Å²) in [5, 5.41) is 16.9. The molecule has 1 unspecified atom stereocenters. The van der Waals surface area contributed by atoms with Gasteiger partial charge in [-0.2, -0.15) is 9.79 Å². The van der Waals surface area contributed by atoms with Crippen LogP contribution in [0.1, 0.15) is 34.9 Å². The molecule has 0 saturated heterocycles. The number of aromatic nitrogens is 4. The molecule has 1 aromatic heterocycles. The first-order chi connectivity index (χ1) is 18.7. The van der Waals surface area contributed by atoms with Crippen molar-refractivity contribution in [2.75, 3.05) is 0 Å². The van der Waals surface area contributed by atoms with Gasteiger partial charge in [0.2, 0.25) is 18.1 Å². The normalized spacial score (nSPS) is 14.7. The molecule has 2 atom stereocenters. The van der Waals surface area contributed by atoms with E-state index in [-0.39, 0.29) is 25.6 Å². The van der Waals surface area contributed by atoms with Crippen LogP contribution in [-0.4, -0.2) is 49.5 Å². The van der Waals surface area contributed by atoms with Gasteiger partial charge in [0.05, 0.1) is 5.92 Å². The minimum absolute atomic E-state index is 0.0926. The lowest BCUT2D eigenvalue weighted by molar-refractivity contribution is -0.452. The lowest BCUT2D eigenvalue weighted by atomic mass is 9.94.